The lowest BCUT2D eigenvalue weighted by Crippen LogP contribution is -2.18. The molecule has 1 radical (unpaired) electrons. The van der Waals surface area contributed by atoms with Crippen molar-refractivity contribution in [3.05, 3.63) is 5.92 Å². The SMILES string of the molecule is O=C1SCC[C]1C1CCSC1=O. The van der Waals surface area contributed by atoms with E-state index < -0.39 is 0 Å². The number of carbonyl (C=O) groups is 2. The number of carbonyl (C=O) groups excluding carboxylic acids is 2. The quantitative estimate of drug-likeness (QED) is 0.644. The molecule has 0 spiro atoms. The first-order chi connectivity index (χ1) is 5.79. The Balaban J connectivity index is 2.08. The molecule has 0 N–H and O–H groups in total. The fraction of sp³-hybridized carbons (Fsp3) is 0.625. The van der Waals surface area contributed by atoms with Crippen LogP contribution in [0.2, 0.25) is 0 Å². The van der Waals surface area contributed by atoms with Gasteiger partial charge in [-0.05, 0) is 12.8 Å². The van der Waals surface area contributed by atoms with Gasteiger partial charge in [0, 0.05) is 17.4 Å². The first-order valence-electron chi connectivity index (χ1n) is 3.98. The van der Waals surface area contributed by atoms with Crippen LogP contribution in [0, 0.1) is 11.8 Å². The van der Waals surface area contributed by atoms with Crippen molar-refractivity contribution in [2.24, 2.45) is 5.92 Å². The summed E-state index contributed by atoms with van der Waals surface area (Å²) in [7, 11) is 0. The molecule has 0 aromatic heterocycles. The molecule has 2 saturated heterocycles. The molecule has 1 atom stereocenters. The number of rotatable bonds is 1. The Morgan fingerprint density at radius 2 is 2.00 bits per heavy atom. The fourth-order valence-electron chi connectivity index (χ4n) is 1.58. The van der Waals surface area contributed by atoms with Crippen LogP contribution in [0.4, 0.5) is 0 Å². The molecule has 2 fully saturated rings. The van der Waals surface area contributed by atoms with E-state index in [2.05, 4.69) is 0 Å². The van der Waals surface area contributed by atoms with Crippen LogP contribution < -0.4 is 0 Å². The van der Waals surface area contributed by atoms with E-state index in [1.54, 1.807) is 0 Å². The van der Waals surface area contributed by atoms with Gasteiger partial charge < -0.3 is 0 Å². The molecule has 0 aromatic carbocycles. The lowest BCUT2D eigenvalue weighted by atomic mass is 9.90. The predicted octanol–water partition coefficient (Wildman–Crippen LogP) is 1.50. The van der Waals surface area contributed by atoms with Crippen LogP contribution >= 0.6 is 23.5 Å². The van der Waals surface area contributed by atoms with Gasteiger partial charge in [-0.15, -0.1) is 0 Å². The Morgan fingerprint density at radius 1 is 1.17 bits per heavy atom. The maximum atomic E-state index is 11.3. The summed E-state index contributed by atoms with van der Waals surface area (Å²) in [6.45, 7) is 0. The molecular weight excluding hydrogens is 192 g/mol. The molecule has 65 valence electrons. The van der Waals surface area contributed by atoms with Gasteiger partial charge in [-0.2, -0.15) is 0 Å². The van der Waals surface area contributed by atoms with Gasteiger partial charge in [0.25, 0.3) is 0 Å². The van der Waals surface area contributed by atoms with E-state index in [4.69, 9.17) is 0 Å². The van der Waals surface area contributed by atoms with Gasteiger partial charge in [0.1, 0.15) is 0 Å². The van der Waals surface area contributed by atoms with Gasteiger partial charge in [-0.3, -0.25) is 9.59 Å². The maximum Gasteiger partial charge on any atom is 0.196 e. The third-order valence-electron chi connectivity index (χ3n) is 2.22. The van der Waals surface area contributed by atoms with Crippen LogP contribution in [0.5, 0.6) is 0 Å². The van der Waals surface area contributed by atoms with E-state index in [1.165, 1.54) is 23.5 Å². The van der Waals surface area contributed by atoms with Crippen LogP contribution in [-0.4, -0.2) is 21.7 Å². The molecular formula is C8H9O2S2. The molecule has 0 aliphatic carbocycles. The normalized spacial score (nSPS) is 31.8. The lowest BCUT2D eigenvalue weighted by molar-refractivity contribution is -0.116. The average molecular weight is 201 g/mol. The van der Waals surface area contributed by atoms with Gasteiger partial charge in [0.05, 0.1) is 5.92 Å². The van der Waals surface area contributed by atoms with Crippen molar-refractivity contribution in [3.8, 4) is 0 Å². The van der Waals surface area contributed by atoms with Crippen molar-refractivity contribution in [3.63, 3.8) is 0 Å². The molecule has 0 bridgehead atoms. The number of hydrogen-bond acceptors (Lipinski definition) is 4. The van der Waals surface area contributed by atoms with Crippen molar-refractivity contribution >= 4 is 33.8 Å². The molecule has 12 heavy (non-hydrogen) atoms. The average Bonchev–Trinajstić information content (AvgIpc) is 2.59. The Labute approximate surface area is 79.9 Å². The first kappa shape index (κ1) is 8.63. The molecule has 4 heteroatoms. The van der Waals surface area contributed by atoms with Crippen LogP contribution in [0.3, 0.4) is 0 Å². The second kappa shape index (κ2) is 3.42. The minimum atomic E-state index is -0.0301. The monoisotopic (exact) mass is 201 g/mol. The van der Waals surface area contributed by atoms with Crippen LogP contribution in [-0.2, 0) is 9.59 Å². The summed E-state index contributed by atoms with van der Waals surface area (Å²) in [4.78, 5) is 22.6. The Hall–Kier alpha value is 0.0400. The second-order valence-electron chi connectivity index (χ2n) is 2.92. The number of hydrogen-bond donors (Lipinski definition) is 0. The van der Waals surface area contributed by atoms with E-state index in [0.29, 0.717) is 0 Å². The Kier molecular flexibility index (Phi) is 2.46. The Bertz CT molecular complexity index is 203. The molecule has 2 aliphatic heterocycles. The highest BCUT2D eigenvalue weighted by Crippen LogP contribution is 2.41. The molecule has 1 unspecified atom stereocenters. The summed E-state index contributed by atoms with van der Waals surface area (Å²) < 4.78 is 0. The van der Waals surface area contributed by atoms with E-state index in [-0.39, 0.29) is 16.1 Å². The molecule has 0 amide bonds. The van der Waals surface area contributed by atoms with Gasteiger partial charge in [-0.1, -0.05) is 23.5 Å². The van der Waals surface area contributed by atoms with Gasteiger partial charge in [0.2, 0.25) is 0 Å². The smallest absolute Gasteiger partial charge is 0.196 e. The zero-order valence-electron chi connectivity index (χ0n) is 6.54. The molecule has 2 nitrogen and oxygen atoms in total. The summed E-state index contributed by atoms with van der Waals surface area (Å²) in [6, 6.07) is 0. The maximum absolute atomic E-state index is 11.3. The van der Waals surface area contributed by atoms with E-state index in [9.17, 15) is 9.59 Å². The highest BCUT2D eigenvalue weighted by Gasteiger charge is 2.40. The predicted molar refractivity (Wildman–Crippen MR) is 50.9 cm³/mol. The van der Waals surface area contributed by atoms with E-state index in [0.717, 1.165) is 30.3 Å². The van der Waals surface area contributed by atoms with Crippen molar-refractivity contribution < 1.29 is 9.59 Å². The van der Waals surface area contributed by atoms with Gasteiger partial charge in [0.15, 0.2) is 10.2 Å². The van der Waals surface area contributed by atoms with Crippen molar-refractivity contribution in [2.45, 2.75) is 12.8 Å². The molecule has 0 saturated carbocycles. The largest absolute Gasteiger partial charge is 0.287 e. The minimum absolute atomic E-state index is 0.0301. The van der Waals surface area contributed by atoms with Gasteiger partial charge in [-0.25, -0.2) is 0 Å². The van der Waals surface area contributed by atoms with Crippen LogP contribution in [0.25, 0.3) is 0 Å². The lowest BCUT2D eigenvalue weighted by Gasteiger charge is -2.11. The summed E-state index contributed by atoms with van der Waals surface area (Å²) in [5.41, 5.74) is 0. The topological polar surface area (TPSA) is 34.1 Å². The zero-order chi connectivity index (χ0) is 8.55. The summed E-state index contributed by atoms with van der Waals surface area (Å²) >= 11 is 2.73. The molecule has 2 heterocycles. The van der Waals surface area contributed by atoms with Crippen LogP contribution in [0.15, 0.2) is 0 Å². The first-order valence-corrected chi connectivity index (χ1v) is 5.95. The Morgan fingerprint density at radius 3 is 2.50 bits per heavy atom. The summed E-state index contributed by atoms with van der Waals surface area (Å²) in [5.74, 6) is 2.63. The van der Waals surface area contributed by atoms with E-state index >= 15 is 0 Å². The molecule has 2 aliphatic rings. The fourth-order valence-corrected chi connectivity index (χ4v) is 3.53. The van der Waals surface area contributed by atoms with Crippen molar-refractivity contribution in [1.82, 2.24) is 0 Å². The third kappa shape index (κ3) is 1.42. The third-order valence-corrected chi connectivity index (χ3v) is 4.16. The van der Waals surface area contributed by atoms with Crippen LogP contribution in [0.1, 0.15) is 12.8 Å². The van der Waals surface area contributed by atoms with Crippen molar-refractivity contribution in [1.29, 1.82) is 0 Å². The summed E-state index contributed by atoms with van der Waals surface area (Å²) in [5, 5.41) is 0.372. The van der Waals surface area contributed by atoms with E-state index in [1.807, 2.05) is 0 Å². The second-order valence-corrected chi connectivity index (χ2v) is 5.09. The molecule has 0 aromatic rings. The van der Waals surface area contributed by atoms with Crippen molar-refractivity contribution in [2.75, 3.05) is 11.5 Å². The highest BCUT2D eigenvalue weighted by molar-refractivity contribution is 8.15. The highest BCUT2D eigenvalue weighted by atomic mass is 32.2. The zero-order valence-corrected chi connectivity index (χ0v) is 8.17. The molecule has 2 rings (SSSR count). The standard InChI is InChI=1S/C8H9O2S2/c9-7-5(1-3-11-7)6-2-4-12-8(6)10/h5H,1-4H2. The van der Waals surface area contributed by atoms with Gasteiger partial charge >= 0.3 is 0 Å². The number of thioether (sulfide) groups is 2. The summed E-state index contributed by atoms with van der Waals surface area (Å²) in [6.07, 6.45) is 1.71. The minimum Gasteiger partial charge on any atom is -0.287 e.